The molecule has 3 aliphatic rings. The second-order valence-electron chi connectivity index (χ2n) is 6.44. The molecule has 0 bridgehead atoms. The number of nitrogens with one attached hydrogen (secondary N) is 1. The van der Waals surface area contributed by atoms with Crippen LogP contribution in [0.25, 0.3) is 0 Å². The maximum Gasteiger partial charge on any atom is 0.220 e. The van der Waals surface area contributed by atoms with Crippen LogP contribution >= 0.6 is 11.6 Å². The fourth-order valence-electron chi connectivity index (χ4n) is 4.08. The predicted molar refractivity (Wildman–Crippen MR) is 78.5 cm³/mol. The molecule has 0 unspecified atom stereocenters. The summed E-state index contributed by atoms with van der Waals surface area (Å²) in [6.07, 6.45) is 2.75. The fraction of sp³-hybridized carbons (Fsp3) is 0.600. The number of ether oxygens (including phenoxy) is 1. The smallest absolute Gasteiger partial charge is 0.220 e. The van der Waals surface area contributed by atoms with Crippen molar-refractivity contribution in [1.29, 1.82) is 0 Å². The van der Waals surface area contributed by atoms with Gasteiger partial charge in [0.15, 0.2) is 0 Å². The van der Waals surface area contributed by atoms with Gasteiger partial charge < -0.3 is 10.1 Å². The van der Waals surface area contributed by atoms with E-state index in [-0.39, 0.29) is 11.3 Å². The van der Waals surface area contributed by atoms with Gasteiger partial charge in [-0.05, 0) is 24.5 Å². The Bertz CT molecular complexity index is 613. The number of rotatable bonds is 2. The molecule has 112 valence electrons. The number of methoxy groups -OCH3 is 1. The van der Waals surface area contributed by atoms with Crippen molar-refractivity contribution in [3.63, 3.8) is 0 Å². The van der Waals surface area contributed by atoms with Crippen LogP contribution in [0.4, 0.5) is 0 Å². The lowest BCUT2D eigenvalue weighted by atomic mass is 9.77. The summed E-state index contributed by atoms with van der Waals surface area (Å²) in [5.41, 5.74) is 2.60. The summed E-state index contributed by atoms with van der Waals surface area (Å²) in [6.45, 7) is 2.77. The summed E-state index contributed by atoms with van der Waals surface area (Å²) in [4.78, 5) is 18.2. The zero-order valence-electron chi connectivity index (χ0n) is 12.0. The van der Waals surface area contributed by atoms with Gasteiger partial charge in [0.05, 0.1) is 7.11 Å². The van der Waals surface area contributed by atoms with Crippen molar-refractivity contribution < 1.29 is 9.53 Å². The highest BCUT2D eigenvalue weighted by Crippen LogP contribution is 2.48. The molecule has 0 radical (unpaired) electrons. The Kier molecular flexibility index (Phi) is 2.91. The third kappa shape index (κ3) is 2.02. The van der Waals surface area contributed by atoms with E-state index < -0.39 is 0 Å². The van der Waals surface area contributed by atoms with Gasteiger partial charge in [-0.3, -0.25) is 9.69 Å². The van der Waals surface area contributed by atoms with Gasteiger partial charge >= 0.3 is 0 Å². The maximum atomic E-state index is 11.4. The SMILES string of the molecule is COc1nc(Cl)cc2c1[C@@H](N1CC3(CNC(=O)C3)C1)CC2. The third-order valence-electron chi connectivity index (χ3n) is 5.01. The van der Waals surface area contributed by atoms with E-state index in [4.69, 9.17) is 16.3 Å². The number of halogens is 1. The van der Waals surface area contributed by atoms with Crippen LogP contribution in [0.5, 0.6) is 5.88 Å². The second-order valence-corrected chi connectivity index (χ2v) is 6.83. The molecule has 4 rings (SSSR count). The Balaban J connectivity index is 1.57. The lowest BCUT2D eigenvalue weighted by Crippen LogP contribution is -2.58. The Hall–Kier alpha value is -1.33. The van der Waals surface area contributed by atoms with Gasteiger partial charge in [0.2, 0.25) is 11.8 Å². The number of hydrogen-bond acceptors (Lipinski definition) is 4. The molecule has 0 saturated carbocycles. The molecular formula is C15H18ClN3O2. The Morgan fingerprint density at radius 1 is 1.52 bits per heavy atom. The second kappa shape index (κ2) is 4.58. The predicted octanol–water partition coefficient (Wildman–Crippen LogP) is 1.55. The van der Waals surface area contributed by atoms with Crippen molar-refractivity contribution in [3.8, 4) is 5.88 Å². The molecule has 3 heterocycles. The number of fused-ring (bicyclic) bond motifs is 1. The van der Waals surface area contributed by atoms with Crippen molar-refractivity contribution in [1.82, 2.24) is 15.2 Å². The molecule has 1 spiro atoms. The van der Waals surface area contributed by atoms with E-state index in [1.807, 2.05) is 6.07 Å². The summed E-state index contributed by atoms with van der Waals surface area (Å²) in [5, 5.41) is 3.45. The van der Waals surface area contributed by atoms with Crippen molar-refractivity contribution in [2.75, 3.05) is 26.7 Å². The number of nitrogens with zero attached hydrogens (tertiary/aromatic N) is 2. The number of aromatic nitrogens is 1. The average Bonchev–Trinajstić information content (AvgIpc) is 2.99. The quantitative estimate of drug-likeness (QED) is 0.842. The summed E-state index contributed by atoms with van der Waals surface area (Å²) >= 11 is 6.05. The van der Waals surface area contributed by atoms with Crippen molar-refractivity contribution in [3.05, 3.63) is 22.3 Å². The van der Waals surface area contributed by atoms with Crippen LogP contribution in [0.3, 0.4) is 0 Å². The molecule has 2 saturated heterocycles. The molecular weight excluding hydrogens is 290 g/mol. The van der Waals surface area contributed by atoms with Gasteiger partial charge in [-0.15, -0.1) is 0 Å². The standard InChI is InChI=1S/C15H18ClN3O2/c1-21-14-13-9(4-11(16)18-14)2-3-10(13)19-7-15(8-19)5-12(20)17-6-15/h4,10H,2-3,5-8H2,1H3,(H,17,20)/t10-/m0/s1. The zero-order valence-corrected chi connectivity index (χ0v) is 12.7. The zero-order chi connectivity index (χ0) is 14.6. The fourth-order valence-corrected chi connectivity index (χ4v) is 4.29. The number of hydrogen-bond donors (Lipinski definition) is 1. The number of amides is 1. The molecule has 2 fully saturated rings. The van der Waals surface area contributed by atoms with Gasteiger partial charge in [-0.2, -0.15) is 0 Å². The molecule has 1 N–H and O–H groups in total. The molecule has 21 heavy (non-hydrogen) atoms. The van der Waals surface area contributed by atoms with E-state index in [1.54, 1.807) is 7.11 Å². The molecule has 1 amide bonds. The lowest BCUT2D eigenvalue weighted by molar-refractivity contribution is -0.121. The topological polar surface area (TPSA) is 54.5 Å². The van der Waals surface area contributed by atoms with E-state index in [1.165, 1.54) is 11.1 Å². The van der Waals surface area contributed by atoms with E-state index in [0.717, 1.165) is 32.5 Å². The van der Waals surface area contributed by atoms with Gasteiger partial charge in [0.1, 0.15) is 5.15 Å². The highest BCUT2D eigenvalue weighted by molar-refractivity contribution is 6.29. The first-order valence-electron chi connectivity index (χ1n) is 7.34. The van der Waals surface area contributed by atoms with Crippen molar-refractivity contribution in [2.24, 2.45) is 5.41 Å². The third-order valence-corrected chi connectivity index (χ3v) is 5.20. The highest BCUT2D eigenvalue weighted by atomic mass is 35.5. The minimum atomic E-state index is 0.160. The Morgan fingerprint density at radius 3 is 3.00 bits per heavy atom. The van der Waals surface area contributed by atoms with Crippen LogP contribution in [0.2, 0.25) is 5.15 Å². The highest BCUT2D eigenvalue weighted by Gasteiger charge is 2.51. The van der Waals surface area contributed by atoms with Crippen LogP contribution in [0.15, 0.2) is 6.07 Å². The van der Waals surface area contributed by atoms with Gasteiger partial charge in [-0.1, -0.05) is 11.6 Å². The molecule has 1 aromatic heterocycles. The lowest BCUT2D eigenvalue weighted by Gasteiger charge is -2.50. The average molecular weight is 308 g/mol. The van der Waals surface area contributed by atoms with Crippen LogP contribution in [0, 0.1) is 5.41 Å². The monoisotopic (exact) mass is 307 g/mol. The normalized spacial score (nSPS) is 26.6. The molecule has 6 heteroatoms. The van der Waals surface area contributed by atoms with Crippen LogP contribution in [-0.4, -0.2) is 42.5 Å². The number of carbonyl (C=O) groups excluding carboxylic acids is 1. The van der Waals surface area contributed by atoms with Crippen molar-refractivity contribution >= 4 is 17.5 Å². The summed E-state index contributed by atoms with van der Waals surface area (Å²) in [5.74, 6) is 0.842. The molecule has 1 aromatic rings. The summed E-state index contributed by atoms with van der Waals surface area (Å²) in [6, 6.07) is 2.30. The first-order chi connectivity index (χ1) is 10.1. The van der Waals surface area contributed by atoms with E-state index >= 15 is 0 Å². The van der Waals surface area contributed by atoms with Crippen LogP contribution in [0.1, 0.15) is 30.0 Å². The Labute approximate surface area is 128 Å². The summed E-state index contributed by atoms with van der Waals surface area (Å²) in [7, 11) is 1.64. The largest absolute Gasteiger partial charge is 0.481 e. The minimum Gasteiger partial charge on any atom is -0.481 e. The Morgan fingerprint density at radius 2 is 2.33 bits per heavy atom. The minimum absolute atomic E-state index is 0.160. The van der Waals surface area contributed by atoms with Gasteiger partial charge in [0, 0.05) is 43.1 Å². The first-order valence-corrected chi connectivity index (χ1v) is 7.72. The molecule has 1 aliphatic carbocycles. The van der Waals surface area contributed by atoms with Gasteiger partial charge in [-0.25, -0.2) is 4.98 Å². The van der Waals surface area contributed by atoms with Crippen LogP contribution in [-0.2, 0) is 11.2 Å². The number of carbonyl (C=O) groups is 1. The molecule has 2 aliphatic heterocycles. The van der Waals surface area contributed by atoms with Gasteiger partial charge in [0.25, 0.3) is 0 Å². The molecule has 5 nitrogen and oxygen atoms in total. The number of aryl methyl sites for hydroxylation is 1. The number of pyridine rings is 1. The first kappa shape index (κ1) is 13.3. The van der Waals surface area contributed by atoms with Crippen LogP contribution < -0.4 is 10.1 Å². The maximum absolute atomic E-state index is 11.4. The molecule has 1 atom stereocenters. The van der Waals surface area contributed by atoms with E-state index in [9.17, 15) is 4.79 Å². The van der Waals surface area contributed by atoms with E-state index in [2.05, 4.69) is 15.2 Å². The molecule has 0 aromatic carbocycles. The van der Waals surface area contributed by atoms with E-state index in [0.29, 0.717) is 23.5 Å². The summed E-state index contributed by atoms with van der Waals surface area (Å²) < 4.78 is 5.43. The number of likely N-dealkylation sites (tertiary alicyclic amines) is 1. The van der Waals surface area contributed by atoms with Crippen molar-refractivity contribution in [2.45, 2.75) is 25.3 Å².